The van der Waals surface area contributed by atoms with Crippen molar-refractivity contribution in [1.82, 2.24) is 14.8 Å². The van der Waals surface area contributed by atoms with E-state index in [2.05, 4.69) is 29.2 Å². The molecule has 0 fully saturated rings. The highest BCUT2D eigenvalue weighted by atomic mass is 16.1. The predicted molar refractivity (Wildman–Crippen MR) is 86.7 cm³/mol. The van der Waals surface area contributed by atoms with E-state index >= 15 is 0 Å². The van der Waals surface area contributed by atoms with Crippen molar-refractivity contribution in [2.45, 2.75) is 26.3 Å². The van der Waals surface area contributed by atoms with E-state index in [0.29, 0.717) is 12.5 Å². The molecule has 0 saturated carbocycles. The van der Waals surface area contributed by atoms with Crippen LogP contribution in [0, 0.1) is 0 Å². The van der Waals surface area contributed by atoms with Gasteiger partial charge in [-0.2, -0.15) is 5.10 Å². The van der Waals surface area contributed by atoms with E-state index in [9.17, 15) is 4.79 Å². The van der Waals surface area contributed by atoms with Gasteiger partial charge in [0.15, 0.2) is 0 Å². The number of pyridine rings is 1. The third-order valence-electron chi connectivity index (χ3n) is 3.42. The summed E-state index contributed by atoms with van der Waals surface area (Å²) in [6, 6.07) is 9.78. The summed E-state index contributed by atoms with van der Waals surface area (Å²) in [6.45, 7) is 4.17. The maximum Gasteiger partial charge on any atom is 0.228 e. The Hall–Kier alpha value is -2.69. The number of nitrogens with one attached hydrogen (secondary N) is 1. The van der Waals surface area contributed by atoms with Gasteiger partial charge in [0.05, 0.1) is 11.9 Å². The smallest absolute Gasteiger partial charge is 0.228 e. The van der Waals surface area contributed by atoms with Crippen molar-refractivity contribution >= 4 is 22.5 Å². The molecule has 5 heteroatoms. The number of aromatic nitrogens is 3. The summed E-state index contributed by atoms with van der Waals surface area (Å²) in [6.07, 6.45) is 5.71. The van der Waals surface area contributed by atoms with Gasteiger partial charge in [-0.3, -0.25) is 14.5 Å². The highest BCUT2D eigenvalue weighted by Gasteiger charge is 2.07. The minimum atomic E-state index is -0.0522. The molecule has 112 valence electrons. The van der Waals surface area contributed by atoms with E-state index < -0.39 is 0 Å². The molecule has 0 radical (unpaired) electrons. The van der Waals surface area contributed by atoms with Crippen LogP contribution in [0.1, 0.15) is 25.5 Å². The van der Waals surface area contributed by atoms with Gasteiger partial charge in [0, 0.05) is 35.7 Å². The lowest BCUT2D eigenvalue weighted by atomic mass is 10.2. The van der Waals surface area contributed by atoms with Crippen molar-refractivity contribution in [3.63, 3.8) is 0 Å². The van der Waals surface area contributed by atoms with E-state index in [-0.39, 0.29) is 5.91 Å². The molecule has 22 heavy (non-hydrogen) atoms. The van der Waals surface area contributed by atoms with Crippen LogP contribution in [0.2, 0.25) is 0 Å². The minimum absolute atomic E-state index is 0.0522. The Morgan fingerprint density at radius 3 is 2.91 bits per heavy atom. The normalized spacial score (nSPS) is 11.0. The predicted octanol–water partition coefficient (Wildman–Crippen LogP) is 3.19. The van der Waals surface area contributed by atoms with Crippen molar-refractivity contribution in [2.24, 2.45) is 0 Å². The summed E-state index contributed by atoms with van der Waals surface area (Å²) in [5.41, 5.74) is 2.61. The quantitative estimate of drug-likeness (QED) is 0.804. The van der Waals surface area contributed by atoms with Crippen LogP contribution in [0.5, 0.6) is 0 Å². The zero-order valence-corrected chi connectivity index (χ0v) is 12.7. The van der Waals surface area contributed by atoms with Crippen molar-refractivity contribution in [3.8, 4) is 0 Å². The van der Waals surface area contributed by atoms with Crippen molar-refractivity contribution in [3.05, 3.63) is 54.5 Å². The number of carbonyl (C=O) groups is 1. The maximum absolute atomic E-state index is 12.1. The van der Waals surface area contributed by atoms with E-state index in [4.69, 9.17) is 0 Å². The fraction of sp³-hybridized carbons (Fsp3) is 0.235. The van der Waals surface area contributed by atoms with Crippen LogP contribution in [0.25, 0.3) is 10.9 Å². The van der Waals surface area contributed by atoms with Gasteiger partial charge in [0.25, 0.3) is 0 Å². The monoisotopic (exact) mass is 294 g/mol. The topological polar surface area (TPSA) is 59.8 Å². The lowest BCUT2D eigenvalue weighted by Crippen LogP contribution is -2.14. The lowest BCUT2D eigenvalue weighted by molar-refractivity contribution is -0.115. The van der Waals surface area contributed by atoms with Crippen molar-refractivity contribution < 1.29 is 4.79 Å². The van der Waals surface area contributed by atoms with E-state index in [1.54, 1.807) is 12.4 Å². The SMILES string of the molecule is CC(C)n1cc2cc(NC(=O)Cc3cccnc3)ccc2n1. The molecule has 2 heterocycles. The molecule has 1 N–H and O–H groups in total. The van der Waals surface area contributed by atoms with Gasteiger partial charge in [-0.1, -0.05) is 6.07 Å². The molecule has 0 bridgehead atoms. The molecule has 1 aromatic carbocycles. The molecular weight excluding hydrogens is 276 g/mol. The standard InChI is InChI=1S/C17H18N4O/c1-12(2)21-11-14-9-15(5-6-16(14)20-21)19-17(22)8-13-4-3-7-18-10-13/h3-7,9-12H,8H2,1-2H3,(H,19,22). The Kier molecular flexibility index (Phi) is 3.87. The van der Waals surface area contributed by atoms with Gasteiger partial charge < -0.3 is 5.32 Å². The van der Waals surface area contributed by atoms with Gasteiger partial charge >= 0.3 is 0 Å². The molecule has 0 spiro atoms. The Labute approximate surface area is 129 Å². The fourth-order valence-electron chi connectivity index (χ4n) is 2.28. The number of carbonyl (C=O) groups excluding carboxylic acids is 1. The van der Waals surface area contributed by atoms with Gasteiger partial charge in [-0.05, 0) is 43.7 Å². The number of fused-ring (bicyclic) bond motifs is 1. The van der Waals surface area contributed by atoms with Gasteiger partial charge in [-0.25, -0.2) is 0 Å². The Bertz CT molecular complexity index is 793. The van der Waals surface area contributed by atoms with E-state index in [1.165, 1.54) is 0 Å². The number of anilines is 1. The minimum Gasteiger partial charge on any atom is -0.326 e. The molecule has 0 aliphatic rings. The van der Waals surface area contributed by atoms with Crippen molar-refractivity contribution in [1.29, 1.82) is 0 Å². The Balaban J connectivity index is 1.74. The summed E-state index contributed by atoms with van der Waals surface area (Å²) < 4.78 is 1.92. The fourth-order valence-corrected chi connectivity index (χ4v) is 2.28. The first kappa shape index (κ1) is 14.3. The van der Waals surface area contributed by atoms with Crippen LogP contribution >= 0.6 is 0 Å². The molecule has 0 aliphatic heterocycles. The average Bonchev–Trinajstić information content (AvgIpc) is 2.91. The number of hydrogen-bond donors (Lipinski definition) is 1. The number of hydrogen-bond acceptors (Lipinski definition) is 3. The van der Waals surface area contributed by atoms with E-state index in [1.807, 2.05) is 41.2 Å². The van der Waals surface area contributed by atoms with Gasteiger partial charge in [0.2, 0.25) is 5.91 Å². The van der Waals surface area contributed by atoms with E-state index in [0.717, 1.165) is 22.2 Å². The second kappa shape index (κ2) is 5.97. The number of rotatable bonds is 4. The summed E-state index contributed by atoms with van der Waals surface area (Å²) in [5.74, 6) is -0.0522. The molecule has 5 nitrogen and oxygen atoms in total. The van der Waals surface area contributed by atoms with Crippen LogP contribution in [-0.2, 0) is 11.2 Å². The summed E-state index contributed by atoms with van der Waals surface area (Å²) in [7, 11) is 0. The van der Waals surface area contributed by atoms with Gasteiger partial charge in [-0.15, -0.1) is 0 Å². The summed E-state index contributed by atoms with van der Waals surface area (Å²) in [5, 5.41) is 8.43. The largest absolute Gasteiger partial charge is 0.326 e. The zero-order valence-electron chi connectivity index (χ0n) is 12.7. The molecule has 3 aromatic rings. The summed E-state index contributed by atoms with van der Waals surface area (Å²) >= 11 is 0. The van der Waals surface area contributed by atoms with Crippen LogP contribution in [0.15, 0.2) is 48.9 Å². The van der Waals surface area contributed by atoms with Crippen molar-refractivity contribution in [2.75, 3.05) is 5.32 Å². The third kappa shape index (κ3) is 3.14. The van der Waals surface area contributed by atoms with Crippen LogP contribution in [0.3, 0.4) is 0 Å². The molecule has 3 rings (SSSR count). The molecule has 0 saturated heterocycles. The Morgan fingerprint density at radius 2 is 2.18 bits per heavy atom. The first-order valence-electron chi connectivity index (χ1n) is 7.29. The van der Waals surface area contributed by atoms with Crippen LogP contribution < -0.4 is 5.32 Å². The zero-order chi connectivity index (χ0) is 15.5. The lowest BCUT2D eigenvalue weighted by Gasteiger charge is -2.05. The first-order valence-corrected chi connectivity index (χ1v) is 7.29. The number of nitrogens with zero attached hydrogens (tertiary/aromatic N) is 3. The molecule has 1 amide bonds. The Morgan fingerprint density at radius 1 is 1.32 bits per heavy atom. The molecular formula is C17H18N4O. The average molecular weight is 294 g/mol. The summed E-state index contributed by atoms with van der Waals surface area (Å²) in [4.78, 5) is 16.1. The highest BCUT2D eigenvalue weighted by molar-refractivity contribution is 5.94. The second-order valence-corrected chi connectivity index (χ2v) is 5.56. The molecule has 2 aromatic heterocycles. The molecule has 0 aliphatic carbocycles. The number of amides is 1. The number of benzene rings is 1. The maximum atomic E-state index is 12.1. The molecule has 0 atom stereocenters. The second-order valence-electron chi connectivity index (χ2n) is 5.56. The van der Waals surface area contributed by atoms with Crippen LogP contribution in [-0.4, -0.2) is 20.7 Å². The van der Waals surface area contributed by atoms with Crippen LogP contribution in [0.4, 0.5) is 5.69 Å². The highest BCUT2D eigenvalue weighted by Crippen LogP contribution is 2.20. The molecule has 0 unspecified atom stereocenters. The third-order valence-corrected chi connectivity index (χ3v) is 3.42. The van der Waals surface area contributed by atoms with Gasteiger partial charge in [0.1, 0.15) is 0 Å². The first-order chi connectivity index (χ1) is 10.6.